The van der Waals surface area contributed by atoms with Gasteiger partial charge in [-0.3, -0.25) is 4.79 Å². The lowest BCUT2D eigenvalue weighted by Gasteiger charge is -2.30. The molecule has 0 radical (unpaired) electrons. The normalized spacial score (nSPS) is 39.6. The quantitative estimate of drug-likeness (QED) is 0.792. The molecule has 17 heavy (non-hydrogen) atoms. The third-order valence-electron chi connectivity index (χ3n) is 4.96. The average molecular weight is 236 g/mol. The minimum atomic E-state index is 0.271. The number of hydrogen-bond donors (Lipinski definition) is 1. The maximum atomic E-state index is 12.5. The number of likely N-dealkylation sites (tertiary alicyclic amines) is 1. The van der Waals surface area contributed by atoms with Crippen molar-refractivity contribution >= 4 is 5.91 Å². The second kappa shape index (κ2) is 3.98. The SMILES string of the molecule is CC1(C)CC1C(=O)N1CCCC1C1CCCN1. The number of carbonyl (C=O) groups excluding carboxylic acids is 1. The van der Waals surface area contributed by atoms with E-state index in [1.165, 1.54) is 25.7 Å². The molecule has 3 rings (SSSR count). The molecule has 3 aliphatic rings. The summed E-state index contributed by atoms with van der Waals surface area (Å²) in [5.41, 5.74) is 0.271. The molecule has 2 saturated heterocycles. The van der Waals surface area contributed by atoms with Gasteiger partial charge in [0.2, 0.25) is 5.91 Å². The van der Waals surface area contributed by atoms with Crippen LogP contribution in [0.15, 0.2) is 0 Å². The standard InChI is InChI=1S/C14H24N2O/c1-14(2)9-10(14)13(17)16-8-4-6-12(16)11-5-3-7-15-11/h10-12,15H,3-9H2,1-2H3. The van der Waals surface area contributed by atoms with Gasteiger partial charge in [-0.25, -0.2) is 0 Å². The first-order chi connectivity index (χ1) is 8.09. The van der Waals surface area contributed by atoms with Gasteiger partial charge in [0.05, 0.1) is 0 Å². The first-order valence-electron chi connectivity index (χ1n) is 7.13. The van der Waals surface area contributed by atoms with Crippen LogP contribution in [0.5, 0.6) is 0 Å². The topological polar surface area (TPSA) is 32.3 Å². The molecule has 0 bridgehead atoms. The van der Waals surface area contributed by atoms with Gasteiger partial charge in [-0.15, -0.1) is 0 Å². The van der Waals surface area contributed by atoms with Crippen LogP contribution in [0.2, 0.25) is 0 Å². The first kappa shape index (κ1) is 11.5. The van der Waals surface area contributed by atoms with E-state index in [-0.39, 0.29) is 5.41 Å². The van der Waals surface area contributed by atoms with E-state index < -0.39 is 0 Å². The van der Waals surface area contributed by atoms with Gasteiger partial charge in [-0.1, -0.05) is 13.8 Å². The lowest BCUT2D eigenvalue weighted by atomic mass is 10.0. The zero-order valence-electron chi connectivity index (χ0n) is 11.0. The van der Waals surface area contributed by atoms with Crippen LogP contribution in [0, 0.1) is 11.3 Å². The molecule has 1 N–H and O–H groups in total. The summed E-state index contributed by atoms with van der Waals surface area (Å²) < 4.78 is 0. The van der Waals surface area contributed by atoms with Gasteiger partial charge in [0.1, 0.15) is 0 Å². The lowest BCUT2D eigenvalue weighted by molar-refractivity contribution is -0.134. The van der Waals surface area contributed by atoms with Crippen molar-refractivity contribution in [3.63, 3.8) is 0 Å². The van der Waals surface area contributed by atoms with E-state index in [9.17, 15) is 4.79 Å². The van der Waals surface area contributed by atoms with Gasteiger partial charge in [0, 0.05) is 24.5 Å². The summed E-state index contributed by atoms with van der Waals surface area (Å²) in [6.45, 7) is 6.56. The van der Waals surface area contributed by atoms with Crippen LogP contribution in [0.25, 0.3) is 0 Å². The highest BCUT2D eigenvalue weighted by Crippen LogP contribution is 2.53. The molecular weight excluding hydrogens is 212 g/mol. The van der Waals surface area contributed by atoms with E-state index in [1.54, 1.807) is 0 Å². The molecule has 0 aromatic heterocycles. The van der Waals surface area contributed by atoms with Gasteiger partial charge in [0.25, 0.3) is 0 Å². The molecule has 0 aromatic rings. The van der Waals surface area contributed by atoms with Crippen LogP contribution in [-0.2, 0) is 4.79 Å². The fourth-order valence-corrected chi connectivity index (χ4v) is 3.61. The Morgan fingerprint density at radius 3 is 2.65 bits per heavy atom. The smallest absolute Gasteiger partial charge is 0.226 e. The molecule has 3 unspecified atom stereocenters. The highest BCUT2D eigenvalue weighted by Gasteiger charge is 2.53. The third kappa shape index (κ3) is 1.99. The maximum Gasteiger partial charge on any atom is 0.226 e. The molecule has 0 aromatic carbocycles. The molecule has 2 aliphatic heterocycles. The van der Waals surface area contributed by atoms with Crippen molar-refractivity contribution in [2.24, 2.45) is 11.3 Å². The summed E-state index contributed by atoms with van der Waals surface area (Å²) >= 11 is 0. The summed E-state index contributed by atoms with van der Waals surface area (Å²) in [6, 6.07) is 1.06. The van der Waals surface area contributed by atoms with Crippen LogP contribution in [-0.4, -0.2) is 36.0 Å². The fraction of sp³-hybridized carbons (Fsp3) is 0.929. The van der Waals surface area contributed by atoms with Crippen molar-refractivity contribution in [1.82, 2.24) is 10.2 Å². The molecule has 0 spiro atoms. The zero-order valence-corrected chi connectivity index (χ0v) is 11.0. The molecule has 3 heteroatoms. The zero-order chi connectivity index (χ0) is 12.0. The molecule has 2 heterocycles. The molecule has 3 nitrogen and oxygen atoms in total. The van der Waals surface area contributed by atoms with Gasteiger partial charge in [-0.2, -0.15) is 0 Å². The summed E-state index contributed by atoms with van der Waals surface area (Å²) in [5, 5.41) is 3.57. The Hall–Kier alpha value is -0.570. The maximum absolute atomic E-state index is 12.5. The predicted octanol–water partition coefficient (Wildman–Crippen LogP) is 1.78. The lowest BCUT2D eigenvalue weighted by Crippen LogP contribution is -2.47. The number of rotatable bonds is 2. The van der Waals surface area contributed by atoms with Crippen LogP contribution in [0.3, 0.4) is 0 Å². The van der Waals surface area contributed by atoms with Gasteiger partial charge >= 0.3 is 0 Å². The second-order valence-corrected chi connectivity index (χ2v) is 6.69. The second-order valence-electron chi connectivity index (χ2n) is 6.69. The molecule has 1 saturated carbocycles. The van der Waals surface area contributed by atoms with Crippen LogP contribution >= 0.6 is 0 Å². The monoisotopic (exact) mass is 236 g/mol. The molecule has 1 amide bonds. The number of nitrogens with zero attached hydrogens (tertiary/aromatic N) is 1. The van der Waals surface area contributed by atoms with E-state index in [2.05, 4.69) is 24.1 Å². The largest absolute Gasteiger partial charge is 0.338 e. The van der Waals surface area contributed by atoms with E-state index in [0.29, 0.717) is 23.9 Å². The molecular formula is C14H24N2O. The Morgan fingerprint density at radius 2 is 2.06 bits per heavy atom. The Morgan fingerprint density at radius 1 is 1.29 bits per heavy atom. The molecule has 1 aliphatic carbocycles. The van der Waals surface area contributed by atoms with E-state index >= 15 is 0 Å². The Labute approximate surface area is 104 Å². The number of hydrogen-bond acceptors (Lipinski definition) is 2. The Bertz CT molecular complexity index is 320. The fourth-order valence-electron chi connectivity index (χ4n) is 3.61. The van der Waals surface area contributed by atoms with Crippen molar-refractivity contribution < 1.29 is 4.79 Å². The van der Waals surface area contributed by atoms with Crippen molar-refractivity contribution in [2.45, 2.75) is 58.0 Å². The number of amides is 1. The van der Waals surface area contributed by atoms with E-state index in [4.69, 9.17) is 0 Å². The van der Waals surface area contributed by atoms with Gasteiger partial charge in [-0.05, 0) is 44.1 Å². The number of carbonyl (C=O) groups is 1. The summed E-state index contributed by atoms with van der Waals surface area (Å²) in [7, 11) is 0. The Balaban J connectivity index is 1.67. The highest BCUT2D eigenvalue weighted by molar-refractivity contribution is 5.83. The minimum absolute atomic E-state index is 0.271. The summed E-state index contributed by atoms with van der Waals surface area (Å²) in [4.78, 5) is 14.7. The van der Waals surface area contributed by atoms with E-state index in [1.807, 2.05) is 0 Å². The highest BCUT2D eigenvalue weighted by atomic mass is 16.2. The summed E-state index contributed by atoms with van der Waals surface area (Å²) in [5.74, 6) is 0.746. The van der Waals surface area contributed by atoms with Crippen molar-refractivity contribution in [2.75, 3.05) is 13.1 Å². The van der Waals surface area contributed by atoms with Gasteiger partial charge in [0.15, 0.2) is 0 Å². The van der Waals surface area contributed by atoms with E-state index in [0.717, 1.165) is 19.5 Å². The third-order valence-corrected chi connectivity index (χ3v) is 4.96. The van der Waals surface area contributed by atoms with Crippen LogP contribution in [0.4, 0.5) is 0 Å². The van der Waals surface area contributed by atoms with Crippen molar-refractivity contribution in [1.29, 1.82) is 0 Å². The van der Waals surface area contributed by atoms with Crippen LogP contribution < -0.4 is 5.32 Å². The molecule has 3 atom stereocenters. The van der Waals surface area contributed by atoms with Crippen LogP contribution in [0.1, 0.15) is 46.0 Å². The van der Waals surface area contributed by atoms with Crippen molar-refractivity contribution in [3.05, 3.63) is 0 Å². The van der Waals surface area contributed by atoms with Crippen molar-refractivity contribution in [3.8, 4) is 0 Å². The van der Waals surface area contributed by atoms with Gasteiger partial charge < -0.3 is 10.2 Å². The molecule has 96 valence electrons. The first-order valence-corrected chi connectivity index (χ1v) is 7.13. The predicted molar refractivity (Wildman–Crippen MR) is 67.6 cm³/mol. The summed E-state index contributed by atoms with van der Waals surface area (Å²) in [6.07, 6.45) is 6.02. The Kier molecular flexibility index (Phi) is 2.69. The minimum Gasteiger partial charge on any atom is -0.338 e. The number of nitrogens with one attached hydrogen (secondary N) is 1. The molecule has 3 fully saturated rings. The average Bonchev–Trinajstić information content (AvgIpc) is 2.81.